The Morgan fingerprint density at radius 1 is 0.967 bits per heavy atom. The molecule has 5 rings (SSSR count). The number of hydrogen-bond donors (Lipinski definition) is 0. The number of rotatable bonds is 3. The Morgan fingerprint density at radius 3 is 2.40 bits per heavy atom. The Morgan fingerprint density at radius 2 is 1.67 bits per heavy atom. The monoisotopic (exact) mass is 526 g/mol. The summed E-state index contributed by atoms with van der Waals surface area (Å²) in [6.45, 7) is 2.10. The highest BCUT2D eigenvalue weighted by molar-refractivity contribution is 9.10. The normalized spacial score (nSPS) is 19.6. The molecule has 4 nitrogen and oxygen atoms in total. The molecule has 0 N–H and O–H groups in total. The number of ether oxygens (including phenoxy) is 2. The molecule has 2 heterocycles. The number of hydrazone groups is 1. The van der Waals surface area contributed by atoms with Crippen molar-refractivity contribution in [3.8, 4) is 11.5 Å². The van der Waals surface area contributed by atoms with E-state index in [4.69, 9.17) is 14.6 Å². The summed E-state index contributed by atoms with van der Waals surface area (Å²) in [6.07, 6.45) is 0.446. The molecule has 0 bridgehead atoms. The minimum Gasteiger partial charge on any atom is -0.496 e. The van der Waals surface area contributed by atoms with Gasteiger partial charge in [0.2, 0.25) is 6.23 Å². The molecule has 3 aromatic rings. The minimum absolute atomic E-state index is 0.0937. The topological polar surface area (TPSA) is 34.1 Å². The van der Waals surface area contributed by atoms with Gasteiger partial charge in [-0.3, -0.25) is 0 Å². The lowest BCUT2D eigenvalue weighted by Crippen LogP contribution is -2.34. The van der Waals surface area contributed by atoms with Crippen LogP contribution < -0.4 is 9.47 Å². The SMILES string of the molecule is COc1ccc(Br)cc1[C@H]1Oc2ccc(Br)cc2[C@@H]2CC(c3ccc(C)cc3)=NN12. The van der Waals surface area contributed by atoms with Gasteiger partial charge in [-0.25, -0.2) is 5.01 Å². The standard InChI is InChI=1S/C24H20Br2N2O2/c1-14-3-5-15(6-4-14)20-13-21-18-11-16(25)8-10-23(18)30-24(28(21)27-20)19-12-17(26)7-9-22(19)29-2/h3-12,21,24H,13H2,1-2H3/t21-,24+/m0/s1. The molecule has 0 saturated carbocycles. The summed E-state index contributed by atoms with van der Waals surface area (Å²) in [5.41, 5.74) is 5.53. The summed E-state index contributed by atoms with van der Waals surface area (Å²) in [5, 5.41) is 7.12. The van der Waals surface area contributed by atoms with Crippen LogP contribution in [-0.2, 0) is 0 Å². The fourth-order valence-electron chi connectivity index (χ4n) is 4.08. The van der Waals surface area contributed by atoms with Gasteiger partial charge in [0.1, 0.15) is 11.5 Å². The highest BCUT2D eigenvalue weighted by Gasteiger charge is 2.42. The number of fused-ring (bicyclic) bond motifs is 3. The fourth-order valence-corrected chi connectivity index (χ4v) is 4.84. The molecule has 0 spiro atoms. The largest absolute Gasteiger partial charge is 0.496 e. The van der Waals surface area contributed by atoms with Gasteiger partial charge in [0, 0.05) is 20.9 Å². The molecular formula is C24H20Br2N2O2. The molecule has 3 aromatic carbocycles. The molecular weight excluding hydrogens is 508 g/mol. The van der Waals surface area contributed by atoms with Crippen LogP contribution in [0.4, 0.5) is 0 Å². The summed E-state index contributed by atoms with van der Waals surface area (Å²) < 4.78 is 14.1. The zero-order valence-electron chi connectivity index (χ0n) is 16.6. The van der Waals surface area contributed by atoms with Crippen LogP contribution in [0.3, 0.4) is 0 Å². The molecule has 2 aliphatic heterocycles. The predicted octanol–water partition coefficient (Wildman–Crippen LogP) is 6.77. The van der Waals surface area contributed by atoms with Crippen LogP contribution in [0.5, 0.6) is 11.5 Å². The van der Waals surface area contributed by atoms with Gasteiger partial charge in [-0.05, 0) is 48.9 Å². The van der Waals surface area contributed by atoms with Crippen molar-refractivity contribution in [1.82, 2.24) is 5.01 Å². The van der Waals surface area contributed by atoms with E-state index in [1.54, 1.807) is 7.11 Å². The van der Waals surface area contributed by atoms with Gasteiger partial charge in [-0.15, -0.1) is 0 Å². The lowest BCUT2D eigenvalue weighted by atomic mass is 9.95. The maximum absolute atomic E-state index is 6.48. The van der Waals surface area contributed by atoms with Gasteiger partial charge < -0.3 is 9.47 Å². The maximum Gasteiger partial charge on any atom is 0.217 e. The van der Waals surface area contributed by atoms with Gasteiger partial charge in [0.25, 0.3) is 0 Å². The third-order valence-electron chi connectivity index (χ3n) is 5.59. The lowest BCUT2D eigenvalue weighted by molar-refractivity contribution is -0.0204. The van der Waals surface area contributed by atoms with Crippen molar-refractivity contribution in [2.75, 3.05) is 7.11 Å². The van der Waals surface area contributed by atoms with Crippen LogP contribution in [0.25, 0.3) is 0 Å². The summed E-state index contributed by atoms with van der Waals surface area (Å²) in [7, 11) is 1.68. The molecule has 0 aliphatic carbocycles. The number of halogens is 2. The summed E-state index contributed by atoms with van der Waals surface area (Å²) in [6, 6.07) is 20.8. The van der Waals surface area contributed by atoms with E-state index in [0.717, 1.165) is 49.3 Å². The Balaban J connectivity index is 1.64. The van der Waals surface area contributed by atoms with Crippen molar-refractivity contribution in [3.63, 3.8) is 0 Å². The van der Waals surface area contributed by atoms with Crippen molar-refractivity contribution < 1.29 is 9.47 Å². The van der Waals surface area contributed by atoms with Crippen molar-refractivity contribution in [2.45, 2.75) is 25.6 Å². The smallest absolute Gasteiger partial charge is 0.217 e. The molecule has 0 amide bonds. The summed E-state index contributed by atoms with van der Waals surface area (Å²) in [4.78, 5) is 0. The Bertz CT molecular complexity index is 1140. The van der Waals surface area contributed by atoms with E-state index in [0.29, 0.717) is 0 Å². The van der Waals surface area contributed by atoms with Crippen LogP contribution >= 0.6 is 31.9 Å². The molecule has 6 heteroatoms. The Hall–Kier alpha value is -2.31. The van der Waals surface area contributed by atoms with Crippen LogP contribution in [-0.4, -0.2) is 17.8 Å². The molecule has 30 heavy (non-hydrogen) atoms. The molecule has 0 radical (unpaired) electrons. The molecule has 152 valence electrons. The van der Waals surface area contributed by atoms with Crippen molar-refractivity contribution >= 4 is 37.6 Å². The number of nitrogens with zero attached hydrogens (tertiary/aromatic N) is 2. The van der Waals surface area contributed by atoms with Gasteiger partial charge in [0.05, 0.1) is 24.4 Å². The summed E-state index contributed by atoms with van der Waals surface area (Å²) in [5.74, 6) is 1.66. The Labute approximate surface area is 192 Å². The second kappa shape index (κ2) is 7.75. The maximum atomic E-state index is 6.48. The number of methoxy groups -OCH3 is 1. The van der Waals surface area contributed by atoms with Crippen LogP contribution in [0.1, 0.15) is 40.9 Å². The zero-order chi connectivity index (χ0) is 20.8. The molecule has 0 unspecified atom stereocenters. The van der Waals surface area contributed by atoms with Crippen molar-refractivity contribution in [3.05, 3.63) is 91.9 Å². The third kappa shape index (κ3) is 3.42. The molecule has 0 fully saturated rings. The molecule has 0 aromatic heterocycles. The predicted molar refractivity (Wildman–Crippen MR) is 125 cm³/mol. The van der Waals surface area contributed by atoms with E-state index in [-0.39, 0.29) is 12.3 Å². The highest BCUT2D eigenvalue weighted by atomic mass is 79.9. The fraction of sp³-hybridized carbons (Fsp3) is 0.208. The average molecular weight is 528 g/mol. The van der Waals surface area contributed by atoms with Gasteiger partial charge in [-0.2, -0.15) is 5.10 Å². The first kappa shape index (κ1) is 19.6. The van der Waals surface area contributed by atoms with Gasteiger partial charge >= 0.3 is 0 Å². The number of benzene rings is 3. The van der Waals surface area contributed by atoms with Crippen LogP contribution in [0.2, 0.25) is 0 Å². The van der Waals surface area contributed by atoms with Crippen LogP contribution in [0.15, 0.2) is 74.7 Å². The van der Waals surface area contributed by atoms with Gasteiger partial charge in [0.15, 0.2) is 0 Å². The lowest BCUT2D eigenvalue weighted by Gasteiger charge is -2.38. The average Bonchev–Trinajstić information content (AvgIpc) is 3.19. The van der Waals surface area contributed by atoms with E-state index in [2.05, 4.69) is 74.1 Å². The molecule has 2 atom stereocenters. The third-order valence-corrected chi connectivity index (χ3v) is 6.58. The first-order valence-corrected chi connectivity index (χ1v) is 11.3. The zero-order valence-corrected chi connectivity index (χ0v) is 19.8. The second-order valence-corrected chi connectivity index (χ2v) is 9.38. The van der Waals surface area contributed by atoms with Gasteiger partial charge in [-0.1, -0.05) is 61.7 Å². The van der Waals surface area contributed by atoms with E-state index in [9.17, 15) is 0 Å². The number of aryl methyl sites for hydroxylation is 1. The molecule has 2 aliphatic rings. The Kier molecular flexibility index (Phi) is 5.07. The highest BCUT2D eigenvalue weighted by Crippen LogP contribution is 2.49. The minimum atomic E-state index is -0.376. The van der Waals surface area contributed by atoms with Crippen molar-refractivity contribution in [2.24, 2.45) is 5.10 Å². The second-order valence-electron chi connectivity index (χ2n) is 7.55. The van der Waals surface area contributed by atoms with Crippen molar-refractivity contribution in [1.29, 1.82) is 0 Å². The summed E-state index contributed by atoms with van der Waals surface area (Å²) >= 11 is 7.20. The van der Waals surface area contributed by atoms with Crippen LogP contribution in [0, 0.1) is 6.92 Å². The molecule has 0 saturated heterocycles. The first-order chi connectivity index (χ1) is 14.5. The van der Waals surface area contributed by atoms with E-state index >= 15 is 0 Å². The first-order valence-electron chi connectivity index (χ1n) is 9.76. The van der Waals surface area contributed by atoms with E-state index in [1.165, 1.54) is 5.56 Å². The van der Waals surface area contributed by atoms with E-state index in [1.807, 2.05) is 30.3 Å². The quantitative estimate of drug-likeness (QED) is 0.377. The number of hydrogen-bond acceptors (Lipinski definition) is 4. The van der Waals surface area contributed by atoms with E-state index < -0.39 is 0 Å².